The van der Waals surface area contributed by atoms with Crippen molar-refractivity contribution in [2.24, 2.45) is 0 Å². The zero-order valence-electron chi connectivity index (χ0n) is 11.9. The molecule has 0 saturated heterocycles. The molecule has 0 fully saturated rings. The lowest BCUT2D eigenvalue weighted by Gasteiger charge is -2.19. The number of rotatable bonds is 6. The molecule has 0 aromatic heterocycles. The Morgan fingerprint density at radius 3 is 2.67 bits per heavy atom. The lowest BCUT2D eigenvalue weighted by Crippen LogP contribution is -2.28. The van der Waals surface area contributed by atoms with E-state index in [2.05, 4.69) is 12.2 Å². The molecule has 0 spiro atoms. The van der Waals surface area contributed by atoms with Crippen LogP contribution in [0.25, 0.3) is 0 Å². The number of amides is 1. The molecule has 100 valence electrons. The molecule has 0 aliphatic heterocycles. The molecule has 1 aromatic carbocycles. The van der Waals surface area contributed by atoms with Crippen molar-refractivity contribution in [3.8, 4) is 0 Å². The van der Waals surface area contributed by atoms with Gasteiger partial charge in [0.2, 0.25) is 0 Å². The maximum atomic E-state index is 12.4. The van der Waals surface area contributed by atoms with Gasteiger partial charge in [-0.1, -0.05) is 25.0 Å². The number of benzene rings is 1. The number of anilines is 1. The van der Waals surface area contributed by atoms with Crippen LogP contribution >= 0.6 is 0 Å². The highest BCUT2D eigenvalue weighted by atomic mass is 16.2. The zero-order chi connectivity index (χ0) is 13.5. The predicted octanol–water partition coefficient (Wildman–Crippen LogP) is 3.30. The van der Waals surface area contributed by atoms with E-state index in [1.54, 1.807) is 4.90 Å². The molecule has 1 rings (SSSR count). The molecule has 0 aliphatic rings. The smallest absolute Gasteiger partial charge is 0.255 e. The molecule has 0 atom stereocenters. The van der Waals surface area contributed by atoms with Crippen molar-refractivity contribution in [2.75, 3.05) is 25.5 Å². The van der Waals surface area contributed by atoms with Crippen LogP contribution in [0.1, 0.15) is 42.6 Å². The van der Waals surface area contributed by atoms with Crippen molar-refractivity contribution in [2.45, 2.75) is 33.6 Å². The number of unbranched alkanes of at least 4 members (excludes halogenated alkanes) is 1. The first-order valence-electron chi connectivity index (χ1n) is 6.70. The molecule has 1 amide bonds. The van der Waals surface area contributed by atoms with E-state index >= 15 is 0 Å². The molecule has 1 aromatic rings. The van der Waals surface area contributed by atoms with Crippen LogP contribution in [0.5, 0.6) is 0 Å². The van der Waals surface area contributed by atoms with Gasteiger partial charge in [0, 0.05) is 25.8 Å². The third-order valence-electron chi connectivity index (χ3n) is 2.97. The van der Waals surface area contributed by atoms with Gasteiger partial charge < -0.3 is 10.2 Å². The molecule has 0 radical (unpaired) electrons. The monoisotopic (exact) mass is 248 g/mol. The molecule has 0 bridgehead atoms. The molecule has 0 aliphatic carbocycles. The van der Waals surface area contributed by atoms with E-state index in [-0.39, 0.29) is 5.91 Å². The van der Waals surface area contributed by atoms with Gasteiger partial charge in [0.25, 0.3) is 5.91 Å². The van der Waals surface area contributed by atoms with Gasteiger partial charge in [-0.25, -0.2) is 0 Å². The Morgan fingerprint density at radius 1 is 1.33 bits per heavy atom. The summed E-state index contributed by atoms with van der Waals surface area (Å²) in [4.78, 5) is 14.2. The first-order valence-corrected chi connectivity index (χ1v) is 6.70. The van der Waals surface area contributed by atoms with Crippen LogP contribution in [0.3, 0.4) is 0 Å². The third-order valence-corrected chi connectivity index (χ3v) is 2.97. The fraction of sp³-hybridized carbons (Fsp3) is 0.533. The Bertz CT molecular complexity index is 401. The highest BCUT2D eigenvalue weighted by molar-refractivity contribution is 5.99. The lowest BCUT2D eigenvalue weighted by atomic mass is 10.1. The summed E-state index contributed by atoms with van der Waals surface area (Å²) in [6, 6.07) is 5.98. The van der Waals surface area contributed by atoms with Crippen molar-refractivity contribution < 1.29 is 4.79 Å². The maximum absolute atomic E-state index is 12.4. The third kappa shape index (κ3) is 3.76. The second kappa shape index (κ2) is 7.04. The number of hydrogen-bond donors (Lipinski definition) is 1. The molecular weight excluding hydrogens is 224 g/mol. The van der Waals surface area contributed by atoms with Gasteiger partial charge in [-0.15, -0.1) is 0 Å². The summed E-state index contributed by atoms with van der Waals surface area (Å²) in [6.45, 7) is 7.82. The number of carbonyl (C=O) groups excluding carboxylic acids is 1. The quantitative estimate of drug-likeness (QED) is 0.837. The summed E-state index contributed by atoms with van der Waals surface area (Å²) in [5.41, 5.74) is 2.82. The zero-order valence-corrected chi connectivity index (χ0v) is 11.9. The standard InChI is InChI=1S/C15H24N2O/c1-5-7-10-17(4)15(18)13-11-12(3)8-9-14(13)16-6-2/h8-9,11,16H,5-7,10H2,1-4H3. The van der Waals surface area contributed by atoms with Crippen LogP contribution < -0.4 is 5.32 Å². The van der Waals surface area contributed by atoms with E-state index < -0.39 is 0 Å². The minimum atomic E-state index is 0.100. The van der Waals surface area contributed by atoms with Gasteiger partial charge in [0.15, 0.2) is 0 Å². The van der Waals surface area contributed by atoms with Crippen LogP contribution in [0.4, 0.5) is 5.69 Å². The minimum absolute atomic E-state index is 0.100. The fourth-order valence-corrected chi connectivity index (χ4v) is 1.88. The summed E-state index contributed by atoms with van der Waals surface area (Å²) in [6.07, 6.45) is 2.15. The molecule has 1 N–H and O–H groups in total. The minimum Gasteiger partial charge on any atom is -0.385 e. The van der Waals surface area contributed by atoms with Gasteiger partial charge in [0.1, 0.15) is 0 Å². The van der Waals surface area contributed by atoms with Crippen LogP contribution in [-0.2, 0) is 0 Å². The normalized spacial score (nSPS) is 10.2. The molecule has 3 nitrogen and oxygen atoms in total. The fourth-order valence-electron chi connectivity index (χ4n) is 1.88. The Labute approximate surface area is 110 Å². The van der Waals surface area contributed by atoms with Gasteiger partial charge in [0.05, 0.1) is 5.56 Å². The summed E-state index contributed by atoms with van der Waals surface area (Å²) < 4.78 is 0. The number of nitrogens with zero attached hydrogens (tertiary/aromatic N) is 1. The summed E-state index contributed by atoms with van der Waals surface area (Å²) in [5, 5.41) is 3.25. The first kappa shape index (κ1) is 14.6. The average Bonchev–Trinajstić information content (AvgIpc) is 2.37. The van der Waals surface area contributed by atoms with Gasteiger partial charge in [-0.3, -0.25) is 4.79 Å². The van der Waals surface area contributed by atoms with E-state index in [0.717, 1.165) is 42.7 Å². The van der Waals surface area contributed by atoms with Crippen molar-refractivity contribution in [3.05, 3.63) is 29.3 Å². The van der Waals surface area contributed by atoms with E-state index in [9.17, 15) is 4.79 Å². The Kier molecular flexibility index (Phi) is 5.69. The predicted molar refractivity (Wildman–Crippen MR) is 77.2 cm³/mol. The second-order valence-corrected chi connectivity index (χ2v) is 4.66. The average molecular weight is 248 g/mol. The number of hydrogen-bond acceptors (Lipinski definition) is 2. The van der Waals surface area contributed by atoms with Crippen molar-refractivity contribution in [1.82, 2.24) is 4.90 Å². The van der Waals surface area contributed by atoms with Gasteiger partial charge in [-0.05, 0) is 32.4 Å². The van der Waals surface area contributed by atoms with E-state index in [1.165, 1.54) is 0 Å². The Hall–Kier alpha value is -1.51. The molecule has 0 heterocycles. The van der Waals surface area contributed by atoms with Crippen molar-refractivity contribution in [3.63, 3.8) is 0 Å². The first-order chi connectivity index (χ1) is 8.60. The van der Waals surface area contributed by atoms with E-state index in [1.807, 2.05) is 39.1 Å². The lowest BCUT2D eigenvalue weighted by molar-refractivity contribution is 0.0794. The molecule has 18 heavy (non-hydrogen) atoms. The molecule has 3 heteroatoms. The highest BCUT2D eigenvalue weighted by Gasteiger charge is 2.15. The highest BCUT2D eigenvalue weighted by Crippen LogP contribution is 2.19. The summed E-state index contributed by atoms with van der Waals surface area (Å²) in [7, 11) is 1.87. The van der Waals surface area contributed by atoms with Crippen molar-refractivity contribution in [1.29, 1.82) is 0 Å². The Morgan fingerprint density at radius 2 is 2.06 bits per heavy atom. The Balaban J connectivity index is 2.91. The number of nitrogens with one attached hydrogen (secondary N) is 1. The van der Waals surface area contributed by atoms with Crippen LogP contribution in [0, 0.1) is 6.92 Å². The van der Waals surface area contributed by atoms with Crippen LogP contribution in [-0.4, -0.2) is 30.9 Å². The van der Waals surface area contributed by atoms with Crippen LogP contribution in [0.2, 0.25) is 0 Å². The van der Waals surface area contributed by atoms with Gasteiger partial charge >= 0.3 is 0 Å². The topological polar surface area (TPSA) is 32.3 Å². The second-order valence-electron chi connectivity index (χ2n) is 4.66. The number of carbonyl (C=O) groups is 1. The largest absolute Gasteiger partial charge is 0.385 e. The van der Waals surface area contributed by atoms with Crippen LogP contribution in [0.15, 0.2) is 18.2 Å². The molecule has 0 unspecified atom stereocenters. The molecule has 0 saturated carbocycles. The number of aryl methyl sites for hydroxylation is 1. The van der Waals surface area contributed by atoms with Gasteiger partial charge in [-0.2, -0.15) is 0 Å². The summed E-state index contributed by atoms with van der Waals surface area (Å²) >= 11 is 0. The van der Waals surface area contributed by atoms with E-state index in [0.29, 0.717) is 0 Å². The maximum Gasteiger partial charge on any atom is 0.255 e. The van der Waals surface area contributed by atoms with E-state index in [4.69, 9.17) is 0 Å². The SMILES string of the molecule is CCCCN(C)C(=O)c1cc(C)ccc1NCC. The summed E-state index contributed by atoms with van der Waals surface area (Å²) in [5.74, 6) is 0.100. The van der Waals surface area contributed by atoms with Crippen molar-refractivity contribution >= 4 is 11.6 Å². The molecular formula is C15H24N2O.